The van der Waals surface area contributed by atoms with E-state index in [-0.39, 0.29) is 6.61 Å². The van der Waals surface area contributed by atoms with E-state index in [9.17, 15) is 8.42 Å². The van der Waals surface area contributed by atoms with Gasteiger partial charge in [0.1, 0.15) is 0 Å². The maximum atomic E-state index is 10.4. The Balaban J connectivity index is 3.09. The van der Waals surface area contributed by atoms with Gasteiger partial charge < -0.3 is 0 Å². The van der Waals surface area contributed by atoms with Crippen LogP contribution < -0.4 is 5.14 Å². The zero-order valence-corrected chi connectivity index (χ0v) is 12.0. The van der Waals surface area contributed by atoms with Gasteiger partial charge in [0.25, 0.3) is 0 Å². The zero-order valence-electron chi connectivity index (χ0n) is 11.2. The summed E-state index contributed by atoms with van der Waals surface area (Å²) in [4.78, 5) is 0. The van der Waals surface area contributed by atoms with Crippen LogP contribution in [0.15, 0.2) is 0 Å². The van der Waals surface area contributed by atoms with Crippen molar-refractivity contribution in [2.24, 2.45) is 11.1 Å². The van der Waals surface area contributed by atoms with Crippen LogP contribution in [-0.4, -0.2) is 15.0 Å². The highest BCUT2D eigenvalue weighted by Crippen LogP contribution is 2.11. The molecule has 0 atom stereocenters. The molecule has 4 nitrogen and oxygen atoms in total. The summed E-state index contributed by atoms with van der Waals surface area (Å²) in [5.74, 6) is 0.811. The Labute approximate surface area is 106 Å². The molecule has 5 heteroatoms. The molecule has 0 aliphatic rings. The summed E-state index contributed by atoms with van der Waals surface area (Å²) >= 11 is 0. The number of unbranched alkanes of at least 4 members (excludes halogenated alkanes) is 6. The Morgan fingerprint density at radius 1 is 0.941 bits per heavy atom. The average molecular weight is 265 g/mol. The fourth-order valence-electron chi connectivity index (χ4n) is 1.71. The second kappa shape index (κ2) is 9.85. The first-order valence-corrected chi connectivity index (χ1v) is 8.06. The largest absolute Gasteiger partial charge is 0.333 e. The average Bonchev–Trinajstić information content (AvgIpc) is 2.18. The third-order valence-corrected chi connectivity index (χ3v) is 3.17. The van der Waals surface area contributed by atoms with E-state index in [0.29, 0.717) is 0 Å². The van der Waals surface area contributed by atoms with Crippen molar-refractivity contribution in [1.82, 2.24) is 0 Å². The molecule has 0 rings (SSSR count). The van der Waals surface area contributed by atoms with Gasteiger partial charge in [-0.2, -0.15) is 8.42 Å². The number of nitrogens with two attached hydrogens (primary N) is 1. The van der Waals surface area contributed by atoms with Gasteiger partial charge in [0.15, 0.2) is 0 Å². The van der Waals surface area contributed by atoms with Crippen LogP contribution in [0.1, 0.15) is 65.2 Å². The molecule has 2 N–H and O–H groups in total. The van der Waals surface area contributed by atoms with E-state index in [1.807, 2.05) is 0 Å². The lowest BCUT2D eigenvalue weighted by atomic mass is 10.0. The molecule has 0 saturated heterocycles. The summed E-state index contributed by atoms with van der Waals surface area (Å²) in [6.07, 6.45) is 9.40. The van der Waals surface area contributed by atoms with E-state index in [1.165, 1.54) is 32.1 Å². The normalized spacial score (nSPS) is 12.2. The van der Waals surface area contributed by atoms with Crippen LogP contribution in [-0.2, 0) is 14.5 Å². The molecule has 0 aromatic heterocycles. The summed E-state index contributed by atoms with van der Waals surface area (Å²) in [7, 11) is -3.74. The molecule has 0 aromatic carbocycles. The van der Waals surface area contributed by atoms with E-state index < -0.39 is 10.3 Å². The maximum Gasteiger partial charge on any atom is 0.333 e. The Kier molecular flexibility index (Phi) is 9.78. The van der Waals surface area contributed by atoms with Gasteiger partial charge in [-0.3, -0.25) is 4.18 Å². The predicted molar refractivity (Wildman–Crippen MR) is 70.8 cm³/mol. The van der Waals surface area contributed by atoms with Crippen LogP contribution in [0.5, 0.6) is 0 Å². The van der Waals surface area contributed by atoms with Crippen molar-refractivity contribution in [3.05, 3.63) is 0 Å². The van der Waals surface area contributed by atoms with Crippen molar-refractivity contribution >= 4 is 10.3 Å². The van der Waals surface area contributed by atoms with Gasteiger partial charge in [-0.15, -0.1) is 0 Å². The molecule has 0 unspecified atom stereocenters. The molecular weight excluding hydrogens is 238 g/mol. The zero-order chi connectivity index (χ0) is 13.1. The molecule has 0 radical (unpaired) electrons. The second-order valence-electron chi connectivity index (χ2n) is 4.97. The lowest BCUT2D eigenvalue weighted by molar-refractivity contribution is 0.306. The molecular formula is C12H27NO3S. The minimum absolute atomic E-state index is 0.214. The van der Waals surface area contributed by atoms with Gasteiger partial charge in [0.05, 0.1) is 6.61 Å². The standard InChI is InChI=1S/C12H27NO3S/c1-12(2)10-8-6-4-3-5-7-9-11-16-17(13,14)15/h12H,3-11H2,1-2H3,(H2,13,14,15). The first kappa shape index (κ1) is 16.9. The molecule has 0 heterocycles. The lowest BCUT2D eigenvalue weighted by Gasteiger charge is -2.04. The van der Waals surface area contributed by atoms with Gasteiger partial charge in [0, 0.05) is 0 Å². The smallest absolute Gasteiger partial charge is 0.258 e. The topological polar surface area (TPSA) is 69.4 Å². The van der Waals surface area contributed by atoms with Crippen molar-refractivity contribution in [1.29, 1.82) is 0 Å². The SMILES string of the molecule is CC(C)CCCCCCCCCOS(N)(=O)=O. The fraction of sp³-hybridized carbons (Fsp3) is 1.00. The second-order valence-corrected chi connectivity index (χ2v) is 6.19. The van der Waals surface area contributed by atoms with Crippen molar-refractivity contribution in [2.45, 2.75) is 65.2 Å². The monoisotopic (exact) mass is 265 g/mol. The first-order chi connectivity index (χ1) is 7.92. The van der Waals surface area contributed by atoms with Crippen LogP contribution in [0.25, 0.3) is 0 Å². The van der Waals surface area contributed by atoms with Crippen molar-refractivity contribution in [3.8, 4) is 0 Å². The molecule has 0 fully saturated rings. The van der Waals surface area contributed by atoms with Crippen LogP contribution >= 0.6 is 0 Å². The van der Waals surface area contributed by atoms with Crippen molar-refractivity contribution < 1.29 is 12.6 Å². The van der Waals surface area contributed by atoms with E-state index >= 15 is 0 Å². The summed E-state index contributed by atoms with van der Waals surface area (Å²) in [5.41, 5.74) is 0. The summed E-state index contributed by atoms with van der Waals surface area (Å²) in [6.45, 7) is 4.73. The Hall–Kier alpha value is -0.130. The lowest BCUT2D eigenvalue weighted by Crippen LogP contribution is -2.16. The van der Waals surface area contributed by atoms with Crippen LogP contribution in [0.4, 0.5) is 0 Å². The minimum atomic E-state index is -3.74. The highest BCUT2D eigenvalue weighted by Gasteiger charge is 2.00. The third kappa shape index (κ3) is 15.9. The molecule has 0 bridgehead atoms. The minimum Gasteiger partial charge on any atom is -0.258 e. The van der Waals surface area contributed by atoms with Gasteiger partial charge in [-0.1, -0.05) is 58.8 Å². The van der Waals surface area contributed by atoms with Crippen LogP contribution in [0.3, 0.4) is 0 Å². The number of rotatable bonds is 11. The van der Waals surface area contributed by atoms with Crippen LogP contribution in [0, 0.1) is 5.92 Å². The molecule has 0 aliphatic carbocycles. The third-order valence-electron chi connectivity index (χ3n) is 2.67. The van der Waals surface area contributed by atoms with Crippen molar-refractivity contribution in [2.75, 3.05) is 6.61 Å². The summed E-state index contributed by atoms with van der Waals surface area (Å²) in [5, 5.41) is 4.71. The molecule has 104 valence electrons. The first-order valence-electron chi connectivity index (χ1n) is 6.59. The fourth-order valence-corrected chi connectivity index (χ4v) is 2.06. The molecule has 0 aromatic rings. The molecule has 0 amide bonds. The van der Waals surface area contributed by atoms with E-state index in [1.54, 1.807) is 0 Å². The molecule has 0 aliphatic heterocycles. The summed E-state index contributed by atoms with van der Waals surface area (Å²) in [6, 6.07) is 0. The highest BCUT2D eigenvalue weighted by molar-refractivity contribution is 7.84. The number of hydrogen-bond acceptors (Lipinski definition) is 3. The van der Waals surface area contributed by atoms with Crippen molar-refractivity contribution in [3.63, 3.8) is 0 Å². The molecule has 0 spiro atoms. The predicted octanol–water partition coefficient (Wildman–Crippen LogP) is 2.98. The maximum absolute atomic E-state index is 10.4. The van der Waals surface area contributed by atoms with E-state index in [2.05, 4.69) is 18.0 Å². The Morgan fingerprint density at radius 3 is 1.88 bits per heavy atom. The Bertz CT molecular complexity index is 263. The van der Waals surface area contributed by atoms with Gasteiger partial charge in [0.2, 0.25) is 0 Å². The Morgan fingerprint density at radius 2 is 1.41 bits per heavy atom. The van der Waals surface area contributed by atoms with Crippen LogP contribution in [0.2, 0.25) is 0 Å². The van der Waals surface area contributed by atoms with Gasteiger partial charge >= 0.3 is 10.3 Å². The summed E-state index contributed by atoms with van der Waals surface area (Å²) < 4.78 is 25.3. The molecule has 0 saturated carbocycles. The molecule has 17 heavy (non-hydrogen) atoms. The quantitative estimate of drug-likeness (QED) is 0.584. The van der Waals surface area contributed by atoms with Gasteiger partial charge in [-0.25, -0.2) is 5.14 Å². The highest BCUT2D eigenvalue weighted by atomic mass is 32.2. The van der Waals surface area contributed by atoms with E-state index in [0.717, 1.165) is 25.2 Å². The van der Waals surface area contributed by atoms with E-state index in [4.69, 9.17) is 5.14 Å². The van der Waals surface area contributed by atoms with Gasteiger partial charge in [-0.05, 0) is 12.3 Å². The number of hydrogen-bond donors (Lipinski definition) is 1.